The number of hydrogen-bond acceptors (Lipinski definition) is 0. The smallest absolute Gasteiger partial charge is 0.00130 e. The predicted octanol–water partition coefficient (Wildman–Crippen LogP) is 17.2. The molecule has 0 spiro atoms. The van der Waals surface area contributed by atoms with E-state index in [1.807, 2.05) is 0 Å². The van der Waals surface area contributed by atoms with Gasteiger partial charge in [0.25, 0.3) is 0 Å². The van der Waals surface area contributed by atoms with E-state index in [0.717, 1.165) is 12.8 Å². The topological polar surface area (TPSA) is 0 Å². The molecule has 0 aromatic heterocycles. The van der Waals surface area contributed by atoms with Crippen LogP contribution in [0.4, 0.5) is 0 Å². The number of allylic oxidation sites excluding steroid dienone is 22. The van der Waals surface area contributed by atoms with Gasteiger partial charge in [0.05, 0.1) is 0 Å². The van der Waals surface area contributed by atoms with Crippen molar-refractivity contribution in [3.63, 3.8) is 0 Å². The van der Waals surface area contributed by atoms with Crippen LogP contribution in [0, 0.1) is 0 Å². The minimum absolute atomic E-state index is 0.0742. The van der Waals surface area contributed by atoms with Crippen molar-refractivity contribution < 1.29 is 0 Å². The molecule has 64 heavy (non-hydrogen) atoms. The zero-order chi connectivity index (χ0) is 45.3. The first-order valence-corrected chi connectivity index (χ1v) is 23.5. The Bertz CT molecular complexity index is 2690. The van der Waals surface area contributed by atoms with Crippen LogP contribution in [0.2, 0.25) is 0 Å². The van der Waals surface area contributed by atoms with Gasteiger partial charge < -0.3 is 0 Å². The Hall–Kier alpha value is -5.98. The van der Waals surface area contributed by atoms with E-state index in [-0.39, 0.29) is 21.7 Å². The van der Waals surface area contributed by atoms with E-state index in [9.17, 15) is 0 Å². The van der Waals surface area contributed by atoms with Crippen molar-refractivity contribution in [2.24, 2.45) is 0 Å². The molecular weight excluding hydrogens is 769 g/mol. The molecule has 4 aromatic carbocycles. The third-order valence-corrected chi connectivity index (χ3v) is 13.8. The zero-order valence-corrected chi connectivity index (χ0v) is 40.4. The zero-order valence-electron chi connectivity index (χ0n) is 40.4. The van der Waals surface area contributed by atoms with Gasteiger partial charge in [-0.15, -0.1) is 0 Å². The molecule has 9 rings (SSSR count). The van der Waals surface area contributed by atoms with E-state index in [0.29, 0.717) is 0 Å². The van der Waals surface area contributed by atoms with Crippen LogP contribution in [0.25, 0.3) is 22.3 Å². The summed E-state index contributed by atoms with van der Waals surface area (Å²) in [7, 11) is 0. The highest BCUT2D eigenvalue weighted by atomic mass is 14.3. The maximum atomic E-state index is 2.47. The number of rotatable bonds is 4. The summed E-state index contributed by atoms with van der Waals surface area (Å²) in [5.74, 6) is 0. The SMILES string of the molecule is CC(C)(C)c1ccc(C2=C3C=CC(=C3)C(c3ccc(C(C)(C)C)cc3)=C3C=CC(=C(c4ccc(C(C)(C)C)cc4)C4=CC(=C(c5ccc(C(C)(C)C)cc5)C5=CC=C2C5)C=C4)C3)cc1. The van der Waals surface area contributed by atoms with E-state index in [1.54, 1.807) is 0 Å². The average molecular weight is 835 g/mol. The summed E-state index contributed by atoms with van der Waals surface area (Å²) in [6.07, 6.45) is 25.7. The molecule has 0 aliphatic heterocycles. The fourth-order valence-corrected chi connectivity index (χ4v) is 9.94. The third kappa shape index (κ3) is 8.41. The molecule has 0 atom stereocenters. The van der Waals surface area contributed by atoms with Crippen LogP contribution >= 0.6 is 0 Å². The van der Waals surface area contributed by atoms with Crippen LogP contribution < -0.4 is 0 Å². The molecule has 0 fully saturated rings. The molecule has 0 heterocycles. The molecule has 0 amide bonds. The Balaban J connectivity index is 1.30. The molecule has 0 saturated heterocycles. The van der Waals surface area contributed by atoms with Crippen LogP contribution in [-0.2, 0) is 21.7 Å². The molecule has 0 nitrogen and oxygen atoms in total. The van der Waals surface area contributed by atoms with Gasteiger partial charge >= 0.3 is 0 Å². The Kier molecular flexibility index (Phi) is 10.8. The first-order valence-electron chi connectivity index (χ1n) is 23.5. The molecule has 5 aliphatic carbocycles. The van der Waals surface area contributed by atoms with Crippen molar-refractivity contribution >= 4 is 22.3 Å². The summed E-state index contributed by atoms with van der Waals surface area (Å²) >= 11 is 0. The lowest BCUT2D eigenvalue weighted by molar-refractivity contribution is 0.590. The van der Waals surface area contributed by atoms with Crippen molar-refractivity contribution in [1.82, 2.24) is 0 Å². The minimum Gasteiger partial charge on any atom is -0.0579 e. The van der Waals surface area contributed by atoms with Gasteiger partial charge in [-0.25, -0.2) is 0 Å². The Morgan fingerprint density at radius 3 is 0.859 bits per heavy atom. The molecule has 8 bridgehead atoms. The van der Waals surface area contributed by atoms with Crippen molar-refractivity contribution in [1.29, 1.82) is 0 Å². The lowest BCUT2D eigenvalue weighted by Crippen LogP contribution is -2.10. The molecule has 5 aliphatic rings. The summed E-state index contributed by atoms with van der Waals surface area (Å²) in [5.41, 5.74) is 26.4. The summed E-state index contributed by atoms with van der Waals surface area (Å²) < 4.78 is 0. The van der Waals surface area contributed by atoms with Gasteiger partial charge in [-0.1, -0.05) is 229 Å². The lowest BCUT2D eigenvalue weighted by Gasteiger charge is -2.22. The molecule has 4 aromatic rings. The Morgan fingerprint density at radius 1 is 0.297 bits per heavy atom. The first kappa shape index (κ1) is 43.3. The molecule has 0 unspecified atom stereocenters. The highest BCUT2D eigenvalue weighted by Gasteiger charge is 2.28. The molecule has 0 radical (unpaired) electrons. The van der Waals surface area contributed by atoms with Crippen molar-refractivity contribution in [3.8, 4) is 0 Å². The third-order valence-electron chi connectivity index (χ3n) is 13.8. The summed E-state index contributed by atoms with van der Waals surface area (Å²) in [5, 5.41) is 0. The van der Waals surface area contributed by atoms with Gasteiger partial charge in [0.2, 0.25) is 0 Å². The van der Waals surface area contributed by atoms with Crippen LogP contribution in [0.3, 0.4) is 0 Å². The minimum atomic E-state index is 0.0742. The second-order valence-corrected chi connectivity index (χ2v) is 22.7. The normalized spacial score (nSPS) is 17.8. The number of fused-ring (bicyclic) bond motifs is 6. The maximum absolute atomic E-state index is 2.47. The van der Waals surface area contributed by atoms with E-state index in [2.05, 4.69) is 241 Å². The summed E-state index contributed by atoms with van der Waals surface area (Å²) in [4.78, 5) is 0. The van der Waals surface area contributed by atoms with Gasteiger partial charge in [0.1, 0.15) is 0 Å². The van der Waals surface area contributed by atoms with Crippen LogP contribution in [0.1, 0.15) is 140 Å². The highest BCUT2D eigenvalue weighted by Crippen LogP contribution is 2.48. The van der Waals surface area contributed by atoms with Crippen LogP contribution in [-0.4, -0.2) is 0 Å². The monoisotopic (exact) mass is 835 g/mol. The van der Waals surface area contributed by atoms with Gasteiger partial charge in [0.15, 0.2) is 0 Å². The predicted molar refractivity (Wildman–Crippen MR) is 277 cm³/mol. The second-order valence-electron chi connectivity index (χ2n) is 22.7. The molecule has 0 heteroatoms. The van der Waals surface area contributed by atoms with Crippen molar-refractivity contribution in [3.05, 3.63) is 247 Å². The first-order chi connectivity index (χ1) is 30.2. The van der Waals surface area contributed by atoms with Crippen molar-refractivity contribution in [2.45, 2.75) is 118 Å². The van der Waals surface area contributed by atoms with Crippen LogP contribution in [0.5, 0.6) is 0 Å². The molecule has 322 valence electrons. The second kappa shape index (κ2) is 15.9. The molecule has 0 N–H and O–H groups in total. The van der Waals surface area contributed by atoms with Gasteiger partial charge in [-0.3, -0.25) is 0 Å². The molecular formula is C64H66. The van der Waals surface area contributed by atoms with E-state index in [1.165, 1.54) is 111 Å². The quantitative estimate of drug-likeness (QED) is 0.192. The van der Waals surface area contributed by atoms with Gasteiger partial charge in [0, 0.05) is 0 Å². The standard InChI is InChI=1S/C64H66/c1-61(2,3)53-29-21-41(22-30-53)57-45-13-15-47(37-45)58(42-23-31-54(32-24-42)62(4,5)6)49-17-19-51(39-49)60(44-27-35-56(36-28-44)64(10,11)12)52-20-18-50(40-52)59(48-16-14-46(57)38-48)43-25-33-55(34-26-43)63(7,8)9/h13-37,40H,38-39H2,1-12H3. The van der Waals surface area contributed by atoms with E-state index >= 15 is 0 Å². The lowest BCUT2D eigenvalue weighted by atomic mass is 9.83. The molecule has 0 saturated carbocycles. The fourth-order valence-electron chi connectivity index (χ4n) is 9.94. The van der Waals surface area contributed by atoms with Crippen LogP contribution in [0.15, 0.2) is 202 Å². The van der Waals surface area contributed by atoms with Gasteiger partial charge in [-0.05, 0) is 158 Å². The summed E-state index contributed by atoms with van der Waals surface area (Å²) in [6, 6.07) is 37.6. The highest BCUT2D eigenvalue weighted by molar-refractivity contribution is 5.98. The summed E-state index contributed by atoms with van der Waals surface area (Å²) in [6.45, 7) is 27.6. The van der Waals surface area contributed by atoms with Gasteiger partial charge in [-0.2, -0.15) is 0 Å². The fraction of sp³-hybridized carbons (Fsp3) is 0.281. The van der Waals surface area contributed by atoms with E-state index in [4.69, 9.17) is 0 Å². The van der Waals surface area contributed by atoms with E-state index < -0.39 is 0 Å². The maximum Gasteiger partial charge on any atom is -0.00130 e. The Labute approximate surface area is 385 Å². The Morgan fingerprint density at radius 2 is 0.578 bits per heavy atom. The van der Waals surface area contributed by atoms with Crippen molar-refractivity contribution in [2.75, 3.05) is 0 Å². The number of hydrogen-bond donors (Lipinski definition) is 0. The largest absolute Gasteiger partial charge is 0.0579 e. The number of benzene rings is 4. The average Bonchev–Trinajstić information content (AvgIpc) is 4.08.